The highest BCUT2D eigenvalue weighted by molar-refractivity contribution is 9.10. The molecule has 0 amide bonds. The average Bonchev–Trinajstić information content (AvgIpc) is 2.91. The largest absolute Gasteiger partial charge is 0.507 e. The summed E-state index contributed by atoms with van der Waals surface area (Å²) in [6.07, 6.45) is 3.99. The van der Waals surface area contributed by atoms with Gasteiger partial charge in [0.05, 0.1) is 14.7 Å². The highest BCUT2D eigenvalue weighted by atomic mass is 79.9. The second kappa shape index (κ2) is 6.50. The second-order valence-corrected chi connectivity index (χ2v) is 6.73. The summed E-state index contributed by atoms with van der Waals surface area (Å²) in [4.78, 5) is 4.61. The SMILES string of the molecule is CCNc1ccc2nc(/C=C/c3ccc(O)c(Br)c3)sc2c1. The molecule has 5 heteroatoms. The minimum Gasteiger partial charge on any atom is -0.507 e. The van der Waals surface area contributed by atoms with E-state index < -0.39 is 0 Å². The summed E-state index contributed by atoms with van der Waals surface area (Å²) in [7, 11) is 0. The topological polar surface area (TPSA) is 45.2 Å². The summed E-state index contributed by atoms with van der Waals surface area (Å²) < 4.78 is 1.86. The van der Waals surface area contributed by atoms with Gasteiger partial charge in [-0.2, -0.15) is 0 Å². The van der Waals surface area contributed by atoms with Crippen LogP contribution in [0.3, 0.4) is 0 Å². The summed E-state index contributed by atoms with van der Waals surface area (Å²) in [5.74, 6) is 0.244. The lowest BCUT2D eigenvalue weighted by Gasteiger charge is -2.00. The molecule has 0 aliphatic rings. The first-order chi connectivity index (χ1) is 10.7. The van der Waals surface area contributed by atoms with E-state index in [1.54, 1.807) is 17.4 Å². The predicted octanol–water partition coefficient (Wildman–Crippen LogP) is 5.37. The Labute approximate surface area is 141 Å². The Bertz CT molecular complexity index is 842. The molecule has 1 aromatic heterocycles. The number of nitrogens with one attached hydrogen (secondary N) is 1. The fraction of sp³-hybridized carbons (Fsp3) is 0.118. The maximum Gasteiger partial charge on any atom is 0.129 e. The van der Waals surface area contributed by atoms with Gasteiger partial charge in [0.1, 0.15) is 10.8 Å². The third-order valence-corrected chi connectivity index (χ3v) is 4.79. The number of aromatic hydroxyl groups is 1. The van der Waals surface area contributed by atoms with Crippen LogP contribution >= 0.6 is 27.3 Å². The van der Waals surface area contributed by atoms with Crippen molar-refractivity contribution in [2.24, 2.45) is 0 Å². The van der Waals surface area contributed by atoms with Gasteiger partial charge < -0.3 is 10.4 Å². The van der Waals surface area contributed by atoms with Crippen LogP contribution in [0.15, 0.2) is 40.9 Å². The number of phenolic OH excluding ortho intramolecular Hbond substituents is 1. The Morgan fingerprint density at radius 2 is 2.09 bits per heavy atom. The van der Waals surface area contributed by atoms with Crippen LogP contribution in [0.2, 0.25) is 0 Å². The quantitative estimate of drug-likeness (QED) is 0.645. The molecule has 2 aromatic carbocycles. The van der Waals surface area contributed by atoms with Crippen molar-refractivity contribution >= 4 is 55.3 Å². The number of rotatable bonds is 4. The smallest absolute Gasteiger partial charge is 0.129 e. The van der Waals surface area contributed by atoms with E-state index in [0.29, 0.717) is 4.47 Å². The molecule has 0 atom stereocenters. The number of aromatic nitrogens is 1. The standard InChI is InChI=1S/C17H15BrN2OS/c1-2-19-12-5-6-14-16(10-12)22-17(20-14)8-4-11-3-7-15(21)13(18)9-11/h3-10,19,21H,2H2,1H3/b8-4+. The van der Waals surface area contributed by atoms with Gasteiger partial charge in [0.15, 0.2) is 0 Å². The zero-order valence-electron chi connectivity index (χ0n) is 12.0. The van der Waals surface area contributed by atoms with E-state index >= 15 is 0 Å². The molecule has 0 fully saturated rings. The number of halogens is 1. The number of thiazole rings is 1. The second-order valence-electron chi connectivity index (χ2n) is 4.81. The Morgan fingerprint density at radius 1 is 1.23 bits per heavy atom. The molecule has 2 N–H and O–H groups in total. The van der Waals surface area contributed by atoms with Crippen LogP contribution in [-0.4, -0.2) is 16.6 Å². The van der Waals surface area contributed by atoms with E-state index in [0.717, 1.165) is 28.3 Å². The monoisotopic (exact) mass is 374 g/mol. The molecular weight excluding hydrogens is 360 g/mol. The molecule has 0 aliphatic heterocycles. The number of anilines is 1. The van der Waals surface area contributed by atoms with Crippen molar-refractivity contribution < 1.29 is 5.11 Å². The van der Waals surface area contributed by atoms with E-state index in [9.17, 15) is 5.11 Å². The van der Waals surface area contributed by atoms with Gasteiger partial charge in [-0.15, -0.1) is 11.3 Å². The van der Waals surface area contributed by atoms with Crippen molar-refractivity contribution in [1.82, 2.24) is 4.98 Å². The Hall–Kier alpha value is -1.85. The van der Waals surface area contributed by atoms with Gasteiger partial charge in [-0.05, 0) is 64.8 Å². The Morgan fingerprint density at radius 3 is 2.86 bits per heavy atom. The maximum absolute atomic E-state index is 9.51. The summed E-state index contributed by atoms with van der Waals surface area (Å²) in [5.41, 5.74) is 3.15. The summed E-state index contributed by atoms with van der Waals surface area (Å²) in [6, 6.07) is 11.6. The first-order valence-corrected chi connectivity index (χ1v) is 8.57. The van der Waals surface area contributed by atoms with Crippen molar-refractivity contribution in [3.05, 3.63) is 51.4 Å². The molecule has 0 aliphatic carbocycles. The zero-order valence-corrected chi connectivity index (χ0v) is 14.4. The summed E-state index contributed by atoms with van der Waals surface area (Å²) in [6.45, 7) is 2.99. The molecule has 112 valence electrons. The Balaban J connectivity index is 1.86. The van der Waals surface area contributed by atoms with Crippen LogP contribution in [0.25, 0.3) is 22.4 Å². The molecule has 3 rings (SSSR count). The normalized spacial score (nSPS) is 11.4. The first kappa shape index (κ1) is 15.1. The van der Waals surface area contributed by atoms with Crippen LogP contribution in [0.5, 0.6) is 5.75 Å². The number of hydrogen-bond acceptors (Lipinski definition) is 4. The molecule has 0 bridgehead atoms. The molecule has 22 heavy (non-hydrogen) atoms. The van der Waals surface area contributed by atoms with Gasteiger partial charge in [0, 0.05) is 12.2 Å². The number of benzene rings is 2. The fourth-order valence-corrected chi connectivity index (χ4v) is 3.43. The van der Waals surface area contributed by atoms with Crippen LogP contribution < -0.4 is 5.32 Å². The highest BCUT2D eigenvalue weighted by Gasteiger charge is 2.03. The highest BCUT2D eigenvalue weighted by Crippen LogP contribution is 2.28. The average molecular weight is 375 g/mol. The van der Waals surface area contributed by atoms with Crippen molar-refractivity contribution in [3.63, 3.8) is 0 Å². The minimum atomic E-state index is 0.244. The molecular formula is C17H15BrN2OS. The van der Waals surface area contributed by atoms with Crippen LogP contribution in [0.4, 0.5) is 5.69 Å². The van der Waals surface area contributed by atoms with Crippen molar-refractivity contribution in [2.75, 3.05) is 11.9 Å². The van der Waals surface area contributed by atoms with E-state index in [1.165, 1.54) is 4.70 Å². The van der Waals surface area contributed by atoms with Crippen molar-refractivity contribution in [1.29, 1.82) is 0 Å². The van der Waals surface area contributed by atoms with E-state index in [4.69, 9.17) is 0 Å². The lowest BCUT2D eigenvalue weighted by Crippen LogP contribution is -1.95. The van der Waals surface area contributed by atoms with Crippen molar-refractivity contribution in [3.8, 4) is 5.75 Å². The fourth-order valence-electron chi connectivity index (χ4n) is 2.12. The maximum atomic E-state index is 9.51. The lowest BCUT2D eigenvalue weighted by molar-refractivity contribution is 0.472. The van der Waals surface area contributed by atoms with Gasteiger partial charge in [-0.3, -0.25) is 0 Å². The number of nitrogens with zero attached hydrogens (tertiary/aromatic N) is 1. The minimum absolute atomic E-state index is 0.244. The van der Waals surface area contributed by atoms with Crippen LogP contribution in [0, 0.1) is 0 Å². The lowest BCUT2D eigenvalue weighted by atomic mass is 10.2. The van der Waals surface area contributed by atoms with Gasteiger partial charge in [0.25, 0.3) is 0 Å². The predicted molar refractivity (Wildman–Crippen MR) is 98.5 cm³/mol. The third-order valence-electron chi connectivity index (χ3n) is 3.18. The first-order valence-electron chi connectivity index (χ1n) is 6.97. The summed E-state index contributed by atoms with van der Waals surface area (Å²) >= 11 is 4.98. The van der Waals surface area contributed by atoms with Gasteiger partial charge in [-0.25, -0.2) is 4.98 Å². The molecule has 3 nitrogen and oxygen atoms in total. The summed E-state index contributed by atoms with van der Waals surface area (Å²) in [5, 5.41) is 13.8. The van der Waals surface area contributed by atoms with Gasteiger partial charge >= 0.3 is 0 Å². The molecule has 0 radical (unpaired) electrons. The van der Waals surface area contributed by atoms with Crippen LogP contribution in [-0.2, 0) is 0 Å². The molecule has 1 heterocycles. The van der Waals surface area contributed by atoms with E-state index in [1.807, 2.05) is 30.4 Å². The zero-order chi connectivity index (χ0) is 15.5. The molecule has 0 saturated carbocycles. The number of phenols is 1. The van der Waals surface area contributed by atoms with Gasteiger partial charge in [-0.1, -0.05) is 12.1 Å². The van der Waals surface area contributed by atoms with E-state index in [-0.39, 0.29) is 5.75 Å². The van der Waals surface area contributed by atoms with E-state index in [2.05, 4.69) is 45.3 Å². The number of hydrogen-bond donors (Lipinski definition) is 2. The molecule has 0 unspecified atom stereocenters. The molecule has 0 saturated heterocycles. The van der Waals surface area contributed by atoms with Crippen molar-refractivity contribution in [2.45, 2.75) is 6.92 Å². The van der Waals surface area contributed by atoms with Gasteiger partial charge in [0.2, 0.25) is 0 Å². The molecule has 0 spiro atoms. The van der Waals surface area contributed by atoms with Crippen LogP contribution in [0.1, 0.15) is 17.5 Å². The third kappa shape index (κ3) is 3.31. The Kier molecular flexibility index (Phi) is 4.45. The number of fused-ring (bicyclic) bond motifs is 1. The molecule has 3 aromatic rings.